The number of hydrogen-bond acceptors (Lipinski definition) is 4. The highest BCUT2D eigenvalue weighted by Crippen LogP contribution is 2.14. The summed E-state index contributed by atoms with van der Waals surface area (Å²) in [6.45, 7) is 0. The number of rotatable bonds is 5. The molecule has 1 rings (SSSR count). The second-order valence-corrected chi connectivity index (χ2v) is 4.67. The molecule has 0 aliphatic carbocycles. The normalized spacial score (nSPS) is 9.47. The van der Waals surface area contributed by atoms with Gasteiger partial charge in [0.1, 0.15) is 5.75 Å². The van der Waals surface area contributed by atoms with Gasteiger partial charge in [-0.3, -0.25) is 9.59 Å². The summed E-state index contributed by atoms with van der Waals surface area (Å²) in [7, 11) is 1.63. The van der Waals surface area contributed by atoms with E-state index in [9.17, 15) is 9.59 Å². The molecule has 0 aliphatic rings. The predicted octanol–water partition coefficient (Wildman–Crippen LogP) is 2.58. The van der Waals surface area contributed by atoms with E-state index < -0.39 is 17.2 Å². The summed E-state index contributed by atoms with van der Waals surface area (Å²) in [4.78, 5) is 19.9. The van der Waals surface area contributed by atoms with E-state index in [1.165, 1.54) is 0 Å². The highest BCUT2D eigenvalue weighted by molar-refractivity contribution is 7.81. The molecule has 2 N–H and O–H groups in total. The summed E-state index contributed by atoms with van der Waals surface area (Å²) in [5.74, 6) is -1.22. The van der Waals surface area contributed by atoms with Crippen molar-refractivity contribution < 1.29 is 24.5 Å². The van der Waals surface area contributed by atoms with E-state index in [2.05, 4.69) is 12.6 Å². The highest BCUT2D eigenvalue weighted by Gasteiger charge is 2.11. The van der Waals surface area contributed by atoms with Crippen molar-refractivity contribution in [2.24, 2.45) is 0 Å². The van der Waals surface area contributed by atoms with E-state index in [1.54, 1.807) is 19.2 Å². The van der Waals surface area contributed by atoms with Crippen LogP contribution in [0.3, 0.4) is 0 Å². The molecule has 0 aromatic heterocycles. The lowest BCUT2D eigenvalue weighted by molar-refractivity contribution is -0.138. The van der Waals surface area contributed by atoms with Crippen LogP contribution in [-0.4, -0.2) is 34.5 Å². The van der Waals surface area contributed by atoms with Gasteiger partial charge in [0.2, 0.25) is 0 Å². The van der Waals surface area contributed by atoms with E-state index in [-0.39, 0.29) is 12.8 Å². The summed E-state index contributed by atoms with van der Waals surface area (Å²) >= 11 is 9.36. The molecule has 0 aliphatic heterocycles. The van der Waals surface area contributed by atoms with Gasteiger partial charge >= 0.3 is 11.9 Å². The van der Waals surface area contributed by atoms with Gasteiger partial charge in [-0.15, -0.1) is 0 Å². The van der Waals surface area contributed by atoms with Crippen molar-refractivity contribution in [1.29, 1.82) is 0 Å². The highest BCUT2D eigenvalue weighted by atomic mass is 35.5. The summed E-state index contributed by atoms with van der Waals surface area (Å²) in [5.41, 5.74) is 0. The zero-order chi connectivity index (χ0) is 14.8. The maximum Gasteiger partial charge on any atom is 0.304 e. The van der Waals surface area contributed by atoms with Crippen LogP contribution in [0.1, 0.15) is 12.8 Å². The number of ether oxygens (including phenoxy) is 1. The average Bonchev–Trinajstić information content (AvgIpc) is 2.28. The number of halogens is 1. The largest absolute Gasteiger partial charge is 0.497 e. The first-order valence-corrected chi connectivity index (χ1v) is 6.15. The maximum absolute atomic E-state index is 9.95. The quantitative estimate of drug-likeness (QED) is 0.728. The third kappa shape index (κ3) is 10.2. The maximum atomic E-state index is 9.95. The predicted molar refractivity (Wildman–Crippen MR) is 75.3 cm³/mol. The Labute approximate surface area is 121 Å². The van der Waals surface area contributed by atoms with Gasteiger partial charge in [0.05, 0.1) is 20.0 Å². The minimum absolute atomic E-state index is 0.213. The molecule has 0 spiro atoms. The average molecular weight is 307 g/mol. The van der Waals surface area contributed by atoms with Crippen molar-refractivity contribution >= 4 is 36.2 Å². The molecule has 0 bridgehead atoms. The Bertz CT molecular complexity index is 391. The van der Waals surface area contributed by atoms with Gasteiger partial charge < -0.3 is 14.9 Å². The standard InChI is InChI=1S/C7H7ClO.C5H8O4S/c1-9-7-4-2-6(8)3-5-7;6-4(7)1-3(10)2-5(8)9/h2-5H,1H3;3,10H,1-2H2,(H,6,7)(H,8,9). The van der Waals surface area contributed by atoms with Gasteiger partial charge in [-0.05, 0) is 24.3 Å². The number of carboxylic acid groups (broad SMARTS) is 2. The first kappa shape index (κ1) is 17.6. The van der Waals surface area contributed by atoms with Gasteiger partial charge in [-0.1, -0.05) is 11.6 Å². The molecule has 5 nitrogen and oxygen atoms in total. The lowest BCUT2D eigenvalue weighted by Gasteiger charge is -2.01. The number of aliphatic carboxylic acids is 2. The molecule has 1 aromatic rings. The molecule has 0 fully saturated rings. The third-order valence-corrected chi connectivity index (χ3v) is 2.49. The third-order valence-electron chi connectivity index (χ3n) is 1.87. The van der Waals surface area contributed by atoms with Gasteiger partial charge in [0.15, 0.2) is 0 Å². The molecule has 106 valence electrons. The molecule has 0 amide bonds. The second-order valence-electron chi connectivity index (χ2n) is 3.51. The fourth-order valence-electron chi connectivity index (χ4n) is 1.05. The summed E-state index contributed by atoms with van der Waals surface area (Å²) in [6, 6.07) is 7.23. The van der Waals surface area contributed by atoms with Crippen molar-refractivity contribution in [2.75, 3.05) is 7.11 Å². The van der Waals surface area contributed by atoms with Crippen LogP contribution < -0.4 is 4.74 Å². The molecule has 1 aromatic carbocycles. The number of thiol groups is 1. The SMILES string of the molecule is COc1ccc(Cl)cc1.O=C(O)CC(S)CC(=O)O. The number of carbonyl (C=O) groups is 2. The first-order valence-electron chi connectivity index (χ1n) is 5.26. The van der Waals surface area contributed by atoms with E-state index in [4.69, 9.17) is 26.6 Å². The van der Waals surface area contributed by atoms with Crippen LogP contribution in [0, 0.1) is 0 Å². The molecule has 0 radical (unpaired) electrons. The Morgan fingerprint density at radius 1 is 1.21 bits per heavy atom. The monoisotopic (exact) mass is 306 g/mol. The minimum Gasteiger partial charge on any atom is -0.497 e. The zero-order valence-electron chi connectivity index (χ0n) is 10.2. The van der Waals surface area contributed by atoms with Crippen LogP contribution >= 0.6 is 24.2 Å². The Morgan fingerprint density at radius 3 is 1.95 bits per heavy atom. The molecular weight excluding hydrogens is 292 g/mol. The number of benzene rings is 1. The fraction of sp³-hybridized carbons (Fsp3) is 0.333. The van der Waals surface area contributed by atoms with Crippen molar-refractivity contribution in [2.45, 2.75) is 18.1 Å². The van der Waals surface area contributed by atoms with Crippen LogP contribution in [0.2, 0.25) is 5.02 Å². The topological polar surface area (TPSA) is 83.8 Å². The molecule has 19 heavy (non-hydrogen) atoms. The summed E-state index contributed by atoms with van der Waals surface area (Å²) in [6.07, 6.45) is -0.426. The van der Waals surface area contributed by atoms with E-state index >= 15 is 0 Å². The van der Waals surface area contributed by atoms with Crippen LogP contribution in [0.4, 0.5) is 0 Å². The molecule has 0 saturated heterocycles. The Balaban J connectivity index is 0.000000342. The smallest absolute Gasteiger partial charge is 0.304 e. The van der Waals surface area contributed by atoms with Crippen molar-refractivity contribution in [3.05, 3.63) is 29.3 Å². The summed E-state index contributed by atoms with van der Waals surface area (Å²) in [5, 5.41) is 16.5. The molecular formula is C12H15ClO5S. The molecule has 7 heteroatoms. The van der Waals surface area contributed by atoms with Gasteiger partial charge in [0, 0.05) is 10.3 Å². The Morgan fingerprint density at radius 2 is 1.63 bits per heavy atom. The summed E-state index contributed by atoms with van der Waals surface area (Å²) < 4.78 is 4.91. The zero-order valence-corrected chi connectivity index (χ0v) is 11.9. The van der Waals surface area contributed by atoms with Crippen molar-refractivity contribution in [1.82, 2.24) is 0 Å². The molecule has 0 heterocycles. The molecule has 0 atom stereocenters. The minimum atomic E-state index is -1.03. The lowest BCUT2D eigenvalue weighted by atomic mass is 10.2. The molecule has 0 saturated carbocycles. The van der Waals surface area contributed by atoms with Gasteiger partial charge in [-0.2, -0.15) is 12.6 Å². The first-order chi connectivity index (χ1) is 8.85. The van der Waals surface area contributed by atoms with E-state index in [0.29, 0.717) is 0 Å². The van der Waals surface area contributed by atoms with E-state index in [1.807, 2.05) is 12.1 Å². The van der Waals surface area contributed by atoms with E-state index in [0.717, 1.165) is 10.8 Å². The van der Waals surface area contributed by atoms with Gasteiger partial charge in [0.25, 0.3) is 0 Å². The second kappa shape index (κ2) is 9.52. The molecule has 0 unspecified atom stereocenters. The Kier molecular flexibility index (Phi) is 8.82. The fourth-order valence-corrected chi connectivity index (χ4v) is 1.48. The lowest BCUT2D eigenvalue weighted by Crippen LogP contribution is -2.11. The van der Waals surface area contributed by atoms with Crippen LogP contribution in [0.25, 0.3) is 0 Å². The Hall–Kier alpha value is -1.40. The number of hydrogen-bond donors (Lipinski definition) is 3. The number of carboxylic acids is 2. The van der Waals surface area contributed by atoms with Crippen LogP contribution in [0.15, 0.2) is 24.3 Å². The van der Waals surface area contributed by atoms with Gasteiger partial charge in [-0.25, -0.2) is 0 Å². The van der Waals surface area contributed by atoms with Crippen LogP contribution in [-0.2, 0) is 9.59 Å². The number of methoxy groups -OCH3 is 1. The van der Waals surface area contributed by atoms with Crippen molar-refractivity contribution in [3.8, 4) is 5.75 Å². The van der Waals surface area contributed by atoms with Crippen molar-refractivity contribution in [3.63, 3.8) is 0 Å². The van der Waals surface area contributed by atoms with Crippen LogP contribution in [0.5, 0.6) is 5.75 Å².